The number of aromatic nitrogens is 2. The highest BCUT2D eigenvalue weighted by atomic mass is 19.2. The fourth-order valence-electron chi connectivity index (χ4n) is 2.20. The highest BCUT2D eigenvalue weighted by Crippen LogP contribution is 2.25. The van der Waals surface area contributed by atoms with E-state index >= 15 is 0 Å². The van der Waals surface area contributed by atoms with Crippen molar-refractivity contribution in [1.29, 1.82) is 0 Å². The Balaban J connectivity index is 1.79. The van der Waals surface area contributed by atoms with Gasteiger partial charge in [0.1, 0.15) is 6.10 Å². The molecular formula is C14H13F2N3O. The molecule has 0 spiro atoms. The van der Waals surface area contributed by atoms with E-state index in [9.17, 15) is 8.78 Å². The van der Waals surface area contributed by atoms with Gasteiger partial charge in [0.25, 0.3) is 0 Å². The normalized spacial score (nSPS) is 19.1. The molecule has 1 aromatic carbocycles. The van der Waals surface area contributed by atoms with Gasteiger partial charge in [-0.3, -0.25) is 0 Å². The maximum atomic E-state index is 13.3. The molecule has 2 aromatic rings. The van der Waals surface area contributed by atoms with Gasteiger partial charge in [0.15, 0.2) is 11.6 Å². The Morgan fingerprint density at radius 2 is 1.95 bits per heavy atom. The van der Waals surface area contributed by atoms with Crippen molar-refractivity contribution >= 4 is 5.95 Å². The Labute approximate surface area is 115 Å². The molecule has 0 bridgehead atoms. The minimum Gasteiger partial charge on any atom is -0.370 e. The second-order valence-electron chi connectivity index (χ2n) is 4.53. The second-order valence-corrected chi connectivity index (χ2v) is 4.53. The number of rotatable bonds is 2. The Morgan fingerprint density at radius 3 is 2.70 bits per heavy atom. The topological polar surface area (TPSA) is 38.2 Å². The van der Waals surface area contributed by atoms with Gasteiger partial charge in [0.2, 0.25) is 5.95 Å². The van der Waals surface area contributed by atoms with Crippen LogP contribution in [0.5, 0.6) is 0 Å². The van der Waals surface area contributed by atoms with Gasteiger partial charge < -0.3 is 9.64 Å². The van der Waals surface area contributed by atoms with Crippen molar-refractivity contribution in [2.45, 2.75) is 6.10 Å². The number of nitrogens with zero attached hydrogens (tertiary/aromatic N) is 3. The van der Waals surface area contributed by atoms with Gasteiger partial charge in [-0.2, -0.15) is 0 Å². The van der Waals surface area contributed by atoms with Crippen LogP contribution in [0.3, 0.4) is 0 Å². The van der Waals surface area contributed by atoms with E-state index in [1.54, 1.807) is 24.5 Å². The van der Waals surface area contributed by atoms with Crippen LogP contribution in [0, 0.1) is 11.6 Å². The lowest BCUT2D eigenvalue weighted by molar-refractivity contribution is 0.0389. The first-order valence-corrected chi connectivity index (χ1v) is 6.32. The van der Waals surface area contributed by atoms with E-state index in [1.807, 2.05) is 4.90 Å². The maximum Gasteiger partial charge on any atom is 0.225 e. The summed E-state index contributed by atoms with van der Waals surface area (Å²) in [6.45, 7) is 1.67. The van der Waals surface area contributed by atoms with Crippen LogP contribution < -0.4 is 4.90 Å². The summed E-state index contributed by atoms with van der Waals surface area (Å²) in [4.78, 5) is 10.3. The number of benzene rings is 1. The summed E-state index contributed by atoms with van der Waals surface area (Å²) in [5.74, 6) is -1.10. The van der Waals surface area contributed by atoms with Crippen molar-refractivity contribution in [2.75, 3.05) is 24.6 Å². The standard InChI is InChI=1S/C14H13F2N3O/c15-11-3-2-10(8-12(11)16)13-9-19(6-7-20-13)14-17-4-1-5-18-14/h1-5,8,13H,6-7,9H2/t13-/m1/s1. The monoisotopic (exact) mass is 277 g/mol. The van der Waals surface area contributed by atoms with Crippen molar-refractivity contribution < 1.29 is 13.5 Å². The molecule has 0 N–H and O–H groups in total. The Morgan fingerprint density at radius 1 is 1.15 bits per heavy atom. The fraction of sp³-hybridized carbons (Fsp3) is 0.286. The molecule has 0 unspecified atom stereocenters. The van der Waals surface area contributed by atoms with E-state index in [4.69, 9.17) is 4.74 Å². The van der Waals surface area contributed by atoms with Gasteiger partial charge in [-0.15, -0.1) is 0 Å². The van der Waals surface area contributed by atoms with E-state index in [1.165, 1.54) is 6.07 Å². The SMILES string of the molecule is Fc1ccc([C@H]2CN(c3ncccn3)CCO2)cc1F. The molecule has 3 rings (SSSR count). The lowest BCUT2D eigenvalue weighted by Gasteiger charge is -2.33. The quantitative estimate of drug-likeness (QED) is 0.844. The summed E-state index contributed by atoms with van der Waals surface area (Å²) in [5, 5.41) is 0. The van der Waals surface area contributed by atoms with Crippen molar-refractivity contribution in [3.05, 3.63) is 53.9 Å². The number of hydrogen-bond acceptors (Lipinski definition) is 4. The van der Waals surface area contributed by atoms with Crippen LogP contribution in [0.4, 0.5) is 14.7 Å². The van der Waals surface area contributed by atoms with Crippen molar-refractivity contribution in [3.8, 4) is 0 Å². The molecule has 1 fully saturated rings. The molecule has 0 saturated carbocycles. The average molecular weight is 277 g/mol. The molecule has 104 valence electrons. The third kappa shape index (κ3) is 2.60. The van der Waals surface area contributed by atoms with Crippen LogP contribution in [-0.4, -0.2) is 29.7 Å². The highest BCUT2D eigenvalue weighted by Gasteiger charge is 2.24. The van der Waals surface area contributed by atoms with Gasteiger partial charge in [-0.25, -0.2) is 18.7 Å². The average Bonchev–Trinajstić information content (AvgIpc) is 2.51. The number of ether oxygens (including phenoxy) is 1. The summed E-state index contributed by atoms with van der Waals surface area (Å²) in [7, 11) is 0. The number of hydrogen-bond donors (Lipinski definition) is 0. The van der Waals surface area contributed by atoms with Crippen molar-refractivity contribution in [2.24, 2.45) is 0 Å². The molecule has 1 aliphatic rings. The molecule has 0 aliphatic carbocycles. The maximum absolute atomic E-state index is 13.3. The Kier molecular flexibility index (Phi) is 3.56. The van der Waals surface area contributed by atoms with Crippen LogP contribution in [-0.2, 0) is 4.74 Å². The molecule has 1 aliphatic heterocycles. The van der Waals surface area contributed by atoms with Crippen LogP contribution in [0.25, 0.3) is 0 Å². The van der Waals surface area contributed by atoms with Crippen LogP contribution >= 0.6 is 0 Å². The van der Waals surface area contributed by atoms with Crippen molar-refractivity contribution in [3.63, 3.8) is 0 Å². The molecule has 20 heavy (non-hydrogen) atoms. The lowest BCUT2D eigenvalue weighted by Crippen LogP contribution is -2.39. The fourth-order valence-corrected chi connectivity index (χ4v) is 2.20. The molecule has 1 aromatic heterocycles. The summed E-state index contributed by atoms with van der Waals surface area (Å²) < 4.78 is 31.9. The second kappa shape index (κ2) is 5.50. The summed E-state index contributed by atoms with van der Waals surface area (Å²) in [5.41, 5.74) is 0.615. The van der Waals surface area contributed by atoms with Gasteiger partial charge >= 0.3 is 0 Å². The first kappa shape index (κ1) is 12.9. The molecule has 0 radical (unpaired) electrons. The summed E-state index contributed by atoms with van der Waals surface area (Å²) in [6, 6.07) is 5.58. The Hall–Kier alpha value is -2.08. The van der Waals surface area contributed by atoms with Crippen LogP contribution in [0.2, 0.25) is 0 Å². The third-order valence-electron chi connectivity index (χ3n) is 3.22. The zero-order valence-electron chi connectivity index (χ0n) is 10.7. The molecule has 2 heterocycles. The lowest BCUT2D eigenvalue weighted by atomic mass is 10.1. The predicted molar refractivity (Wildman–Crippen MR) is 69.3 cm³/mol. The van der Waals surface area contributed by atoms with Gasteiger partial charge in [0, 0.05) is 18.9 Å². The number of halogens is 2. The van der Waals surface area contributed by atoms with E-state index < -0.39 is 11.6 Å². The largest absolute Gasteiger partial charge is 0.370 e. The number of morpholine rings is 1. The summed E-state index contributed by atoms with van der Waals surface area (Å²) >= 11 is 0. The van der Waals surface area contributed by atoms with Crippen LogP contribution in [0.1, 0.15) is 11.7 Å². The van der Waals surface area contributed by atoms with E-state index in [2.05, 4.69) is 9.97 Å². The molecule has 1 saturated heterocycles. The molecule has 0 amide bonds. The zero-order chi connectivity index (χ0) is 13.9. The van der Waals surface area contributed by atoms with E-state index in [-0.39, 0.29) is 6.10 Å². The minimum atomic E-state index is -0.862. The van der Waals surface area contributed by atoms with Gasteiger partial charge in [-0.05, 0) is 23.8 Å². The summed E-state index contributed by atoms with van der Waals surface area (Å²) in [6.07, 6.45) is 3.03. The minimum absolute atomic E-state index is 0.317. The smallest absolute Gasteiger partial charge is 0.225 e. The van der Waals surface area contributed by atoms with Crippen molar-refractivity contribution in [1.82, 2.24) is 9.97 Å². The first-order chi connectivity index (χ1) is 9.74. The molecule has 1 atom stereocenters. The third-order valence-corrected chi connectivity index (χ3v) is 3.22. The van der Waals surface area contributed by atoms with E-state index in [0.29, 0.717) is 31.2 Å². The molecule has 4 nitrogen and oxygen atoms in total. The predicted octanol–water partition coefficient (Wildman–Crippen LogP) is 2.33. The Bertz CT molecular complexity index is 594. The van der Waals surface area contributed by atoms with Gasteiger partial charge in [-0.1, -0.05) is 6.07 Å². The number of anilines is 1. The molecule has 6 heteroatoms. The zero-order valence-corrected chi connectivity index (χ0v) is 10.7. The van der Waals surface area contributed by atoms with Crippen LogP contribution in [0.15, 0.2) is 36.7 Å². The first-order valence-electron chi connectivity index (χ1n) is 6.32. The van der Waals surface area contributed by atoms with Gasteiger partial charge in [0.05, 0.1) is 13.2 Å². The molecular weight excluding hydrogens is 264 g/mol. The highest BCUT2D eigenvalue weighted by molar-refractivity contribution is 5.31. The van der Waals surface area contributed by atoms with E-state index in [0.717, 1.165) is 6.07 Å².